The molecule has 88 valence electrons. The number of hydrogen-bond donors (Lipinski definition) is 1. The molecule has 16 heavy (non-hydrogen) atoms. The quantitative estimate of drug-likeness (QED) is 0.835. The van der Waals surface area contributed by atoms with Crippen LogP contribution in [0.25, 0.3) is 0 Å². The fourth-order valence-corrected chi connectivity index (χ4v) is 2.59. The van der Waals surface area contributed by atoms with Crippen LogP contribution in [0.4, 0.5) is 4.79 Å². The number of rotatable bonds is 3. The molecular weight excluding hydrogens is 224 g/mol. The molecule has 1 fully saturated rings. The Kier molecular flexibility index (Phi) is 4.24. The van der Waals surface area contributed by atoms with Crippen LogP contribution in [0.5, 0.6) is 0 Å². The highest BCUT2D eigenvalue weighted by molar-refractivity contribution is 7.99. The summed E-state index contributed by atoms with van der Waals surface area (Å²) in [6.07, 6.45) is 4.75. The number of amides is 1. The zero-order valence-electron chi connectivity index (χ0n) is 9.13. The van der Waals surface area contributed by atoms with E-state index in [1.165, 1.54) is 22.4 Å². The van der Waals surface area contributed by atoms with E-state index >= 15 is 0 Å². The second-order valence-corrected chi connectivity index (χ2v) is 4.88. The highest BCUT2D eigenvalue weighted by Crippen LogP contribution is 2.07. The Bertz CT molecular complexity index is 322. The number of carbonyl (C=O) groups is 1. The number of carbonyl (C=O) groups excluding carboxylic acids is 1. The molecule has 1 amide bonds. The van der Waals surface area contributed by atoms with Crippen molar-refractivity contribution in [2.75, 3.05) is 37.7 Å². The highest BCUT2D eigenvalue weighted by atomic mass is 32.2. The Morgan fingerprint density at radius 2 is 2.25 bits per heavy atom. The molecule has 0 spiro atoms. The molecule has 5 nitrogen and oxygen atoms in total. The van der Waals surface area contributed by atoms with Gasteiger partial charge in [-0.1, -0.05) is 0 Å². The Morgan fingerprint density at radius 1 is 1.44 bits per heavy atom. The van der Waals surface area contributed by atoms with Crippen molar-refractivity contribution in [3.8, 4) is 0 Å². The van der Waals surface area contributed by atoms with Crippen molar-refractivity contribution in [1.82, 2.24) is 19.8 Å². The summed E-state index contributed by atoms with van der Waals surface area (Å²) >= 11 is 2.00. The van der Waals surface area contributed by atoms with Crippen molar-refractivity contribution in [2.24, 2.45) is 0 Å². The van der Waals surface area contributed by atoms with E-state index in [0.29, 0.717) is 6.54 Å². The minimum absolute atomic E-state index is 0.108. The predicted molar refractivity (Wildman–Crippen MR) is 64.8 cm³/mol. The number of aromatic nitrogens is 2. The van der Waals surface area contributed by atoms with Crippen LogP contribution in [0, 0.1) is 0 Å². The van der Waals surface area contributed by atoms with Gasteiger partial charge in [0.25, 0.3) is 0 Å². The highest BCUT2D eigenvalue weighted by Gasteiger charge is 2.10. The van der Waals surface area contributed by atoms with Gasteiger partial charge < -0.3 is 5.32 Å². The lowest BCUT2D eigenvalue weighted by Crippen LogP contribution is -2.40. The van der Waals surface area contributed by atoms with Gasteiger partial charge >= 0.3 is 6.03 Å². The van der Waals surface area contributed by atoms with Gasteiger partial charge in [-0.05, 0) is 0 Å². The Hall–Kier alpha value is -1.01. The van der Waals surface area contributed by atoms with E-state index in [9.17, 15) is 4.79 Å². The zero-order valence-corrected chi connectivity index (χ0v) is 9.95. The molecule has 0 saturated carbocycles. The lowest BCUT2D eigenvalue weighted by molar-refractivity contribution is 0.238. The monoisotopic (exact) mass is 240 g/mol. The van der Waals surface area contributed by atoms with E-state index in [2.05, 4.69) is 15.2 Å². The molecule has 0 aliphatic carbocycles. The van der Waals surface area contributed by atoms with Gasteiger partial charge in [0, 0.05) is 50.1 Å². The standard InChI is InChI=1S/C10H16N4OS/c15-10(14-4-1-11-9-14)12-2-3-13-5-7-16-8-6-13/h1,4,9H,2-3,5-8H2,(H,12,15). The van der Waals surface area contributed by atoms with Gasteiger partial charge in [0.2, 0.25) is 0 Å². The van der Waals surface area contributed by atoms with Crippen LogP contribution < -0.4 is 5.32 Å². The van der Waals surface area contributed by atoms with Gasteiger partial charge in [-0.2, -0.15) is 11.8 Å². The minimum atomic E-state index is -0.108. The first kappa shape index (κ1) is 11.5. The van der Waals surface area contributed by atoms with Crippen LogP contribution in [0.3, 0.4) is 0 Å². The first-order chi connectivity index (χ1) is 7.86. The van der Waals surface area contributed by atoms with E-state index in [0.717, 1.165) is 19.6 Å². The third-order valence-electron chi connectivity index (χ3n) is 2.55. The largest absolute Gasteiger partial charge is 0.336 e. The fraction of sp³-hybridized carbons (Fsp3) is 0.600. The van der Waals surface area contributed by atoms with Crippen LogP contribution in [-0.4, -0.2) is 58.2 Å². The first-order valence-corrected chi connectivity index (χ1v) is 6.58. The molecule has 2 rings (SSSR count). The van der Waals surface area contributed by atoms with Crippen LogP contribution in [0.1, 0.15) is 0 Å². The van der Waals surface area contributed by atoms with Crippen LogP contribution >= 0.6 is 11.8 Å². The minimum Gasteiger partial charge on any atom is -0.336 e. The van der Waals surface area contributed by atoms with Crippen molar-refractivity contribution in [3.05, 3.63) is 18.7 Å². The average molecular weight is 240 g/mol. The molecule has 1 aliphatic rings. The van der Waals surface area contributed by atoms with Crippen molar-refractivity contribution < 1.29 is 4.79 Å². The summed E-state index contributed by atoms with van der Waals surface area (Å²) in [4.78, 5) is 17.7. The maximum atomic E-state index is 11.5. The molecule has 0 bridgehead atoms. The van der Waals surface area contributed by atoms with Gasteiger partial charge in [-0.3, -0.25) is 9.47 Å². The van der Waals surface area contributed by atoms with E-state index in [1.54, 1.807) is 12.4 Å². The Balaban J connectivity index is 1.66. The summed E-state index contributed by atoms with van der Waals surface area (Å²) in [5, 5.41) is 2.87. The first-order valence-electron chi connectivity index (χ1n) is 5.42. The van der Waals surface area contributed by atoms with Crippen molar-refractivity contribution in [3.63, 3.8) is 0 Å². The molecular formula is C10H16N4OS. The summed E-state index contributed by atoms with van der Waals surface area (Å²) < 4.78 is 1.45. The number of imidazole rings is 1. The maximum Gasteiger partial charge on any atom is 0.326 e. The topological polar surface area (TPSA) is 50.2 Å². The summed E-state index contributed by atoms with van der Waals surface area (Å²) in [7, 11) is 0. The Labute approximate surface area is 99.2 Å². The maximum absolute atomic E-state index is 11.5. The molecule has 0 aromatic carbocycles. The van der Waals surface area contributed by atoms with Gasteiger partial charge in [0.05, 0.1) is 0 Å². The van der Waals surface area contributed by atoms with Crippen molar-refractivity contribution >= 4 is 17.8 Å². The van der Waals surface area contributed by atoms with Gasteiger partial charge in [0.1, 0.15) is 6.33 Å². The van der Waals surface area contributed by atoms with Crippen LogP contribution in [0.15, 0.2) is 18.7 Å². The molecule has 0 unspecified atom stereocenters. The zero-order chi connectivity index (χ0) is 11.2. The third-order valence-corrected chi connectivity index (χ3v) is 3.49. The molecule has 2 heterocycles. The molecule has 1 N–H and O–H groups in total. The Morgan fingerprint density at radius 3 is 2.94 bits per heavy atom. The van der Waals surface area contributed by atoms with E-state index < -0.39 is 0 Å². The SMILES string of the molecule is O=C(NCCN1CCSCC1)n1ccnc1. The molecule has 0 atom stereocenters. The molecule has 1 saturated heterocycles. The number of hydrogen-bond acceptors (Lipinski definition) is 4. The normalized spacial score (nSPS) is 17.2. The number of nitrogens with zero attached hydrogens (tertiary/aromatic N) is 3. The third kappa shape index (κ3) is 3.24. The molecule has 1 aromatic rings. The van der Waals surface area contributed by atoms with Gasteiger partial charge in [-0.25, -0.2) is 9.78 Å². The number of nitrogens with one attached hydrogen (secondary N) is 1. The lowest BCUT2D eigenvalue weighted by Gasteiger charge is -2.25. The van der Waals surface area contributed by atoms with E-state index in [-0.39, 0.29) is 6.03 Å². The smallest absolute Gasteiger partial charge is 0.326 e. The van der Waals surface area contributed by atoms with Crippen molar-refractivity contribution in [1.29, 1.82) is 0 Å². The number of thioether (sulfide) groups is 1. The second kappa shape index (κ2) is 5.91. The van der Waals surface area contributed by atoms with E-state index in [4.69, 9.17) is 0 Å². The van der Waals surface area contributed by atoms with Gasteiger partial charge in [0.15, 0.2) is 0 Å². The van der Waals surface area contributed by atoms with E-state index in [1.807, 2.05) is 11.8 Å². The fourth-order valence-electron chi connectivity index (χ4n) is 1.62. The van der Waals surface area contributed by atoms with Crippen LogP contribution in [0.2, 0.25) is 0 Å². The summed E-state index contributed by atoms with van der Waals surface area (Å²) in [6, 6.07) is -0.108. The average Bonchev–Trinajstić information content (AvgIpc) is 2.84. The molecule has 1 aliphatic heterocycles. The molecule has 0 radical (unpaired) electrons. The van der Waals surface area contributed by atoms with Crippen LogP contribution in [-0.2, 0) is 0 Å². The van der Waals surface area contributed by atoms with Crippen molar-refractivity contribution in [2.45, 2.75) is 0 Å². The molecule has 6 heteroatoms. The summed E-state index contributed by atoms with van der Waals surface area (Å²) in [5.74, 6) is 2.41. The lowest BCUT2D eigenvalue weighted by atomic mass is 10.4. The molecule has 1 aromatic heterocycles. The summed E-state index contributed by atoms with van der Waals surface area (Å²) in [6.45, 7) is 3.89. The second-order valence-electron chi connectivity index (χ2n) is 3.66. The predicted octanol–water partition coefficient (Wildman–Crippen LogP) is 0.490. The summed E-state index contributed by atoms with van der Waals surface area (Å²) in [5.41, 5.74) is 0. The van der Waals surface area contributed by atoms with Gasteiger partial charge in [-0.15, -0.1) is 0 Å².